The number of anilines is 1. The van der Waals surface area contributed by atoms with Crippen LogP contribution in [0, 0.1) is 11.8 Å². The minimum absolute atomic E-state index is 0.168. The second kappa shape index (κ2) is 12.9. The second-order valence-corrected chi connectivity index (χ2v) is 10.3. The standard InChI is InChI=1S/C30H30Cl2N2O3/c31-25-4-3-5-26(32)29(25)27(35)19-23(30(36)37)18-22-11-9-20(10-12-22)7-8-21-13-15-24(16-14-21)34-28-6-1-2-17-33-28/h1-12,17,21,23-24H,13-16,18-19H2,(H,33,34)(H,36,37)/b8-7+/t21?,23-,24?/m1/s1. The van der Waals surface area contributed by atoms with Gasteiger partial charge in [-0.05, 0) is 73.4 Å². The first kappa shape index (κ1) is 26.9. The number of carbonyl (C=O) groups is 2. The summed E-state index contributed by atoms with van der Waals surface area (Å²) >= 11 is 12.3. The predicted octanol–water partition coefficient (Wildman–Crippen LogP) is 7.59. The highest BCUT2D eigenvalue weighted by atomic mass is 35.5. The van der Waals surface area contributed by atoms with Crippen molar-refractivity contribution in [2.75, 3.05) is 5.32 Å². The average molecular weight is 537 g/mol. The molecule has 0 unspecified atom stereocenters. The van der Waals surface area contributed by atoms with Crippen LogP contribution in [0.5, 0.6) is 0 Å². The molecule has 0 saturated heterocycles. The van der Waals surface area contributed by atoms with E-state index in [2.05, 4.69) is 22.5 Å². The van der Waals surface area contributed by atoms with E-state index >= 15 is 0 Å². The Morgan fingerprint density at radius 3 is 2.30 bits per heavy atom. The van der Waals surface area contributed by atoms with Crippen LogP contribution in [0.25, 0.3) is 6.08 Å². The zero-order valence-corrected chi connectivity index (χ0v) is 22.0. The molecule has 1 aromatic heterocycles. The molecule has 1 atom stereocenters. The lowest BCUT2D eigenvalue weighted by molar-refractivity contribution is -0.141. The largest absolute Gasteiger partial charge is 0.481 e. The monoisotopic (exact) mass is 536 g/mol. The molecule has 0 bridgehead atoms. The van der Waals surface area contributed by atoms with E-state index in [0.717, 1.165) is 42.6 Å². The second-order valence-electron chi connectivity index (χ2n) is 9.53. The third-order valence-corrected chi connectivity index (χ3v) is 7.46. The number of hydrogen-bond acceptors (Lipinski definition) is 4. The first-order chi connectivity index (χ1) is 17.9. The molecule has 192 valence electrons. The van der Waals surface area contributed by atoms with Gasteiger partial charge in [0, 0.05) is 18.7 Å². The molecule has 2 N–H and O–H groups in total. The van der Waals surface area contributed by atoms with Gasteiger partial charge < -0.3 is 10.4 Å². The third kappa shape index (κ3) is 7.67. The van der Waals surface area contributed by atoms with Crippen molar-refractivity contribution in [3.63, 3.8) is 0 Å². The quantitative estimate of drug-likeness (QED) is 0.261. The summed E-state index contributed by atoms with van der Waals surface area (Å²) in [5, 5.41) is 13.7. The first-order valence-electron chi connectivity index (χ1n) is 12.5. The number of carboxylic acid groups (broad SMARTS) is 1. The highest BCUT2D eigenvalue weighted by molar-refractivity contribution is 6.39. The van der Waals surface area contributed by atoms with Crippen LogP contribution in [0.4, 0.5) is 5.82 Å². The molecule has 1 saturated carbocycles. The Morgan fingerprint density at radius 2 is 1.68 bits per heavy atom. The number of nitrogens with zero attached hydrogens (tertiary/aromatic N) is 1. The number of aliphatic carboxylic acids is 1. The maximum absolute atomic E-state index is 12.7. The summed E-state index contributed by atoms with van der Waals surface area (Å²) in [5.74, 6) is -0.776. The number of halogens is 2. The number of pyridine rings is 1. The minimum atomic E-state index is -1.02. The molecular weight excluding hydrogens is 507 g/mol. The molecule has 0 radical (unpaired) electrons. The van der Waals surface area contributed by atoms with E-state index in [-0.39, 0.29) is 34.2 Å². The fourth-order valence-corrected chi connectivity index (χ4v) is 5.35. The Kier molecular flexibility index (Phi) is 9.37. The van der Waals surface area contributed by atoms with Crippen molar-refractivity contribution in [3.8, 4) is 0 Å². The summed E-state index contributed by atoms with van der Waals surface area (Å²) in [5.41, 5.74) is 2.12. The Balaban J connectivity index is 1.29. The van der Waals surface area contributed by atoms with Crippen LogP contribution >= 0.6 is 23.2 Å². The van der Waals surface area contributed by atoms with Crippen molar-refractivity contribution >= 4 is 46.8 Å². The van der Waals surface area contributed by atoms with E-state index in [0.29, 0.717) is 12.0 Å². The highest BCUT2D eigenvalue weighted by Gasteiger charge is 2.25. The lowest BCUT2D eigenvalue weighted by Gasteiger charge is -2.27. The van der Waals surface area contributed by atoms with Gasteiger partial charge in [-0.1, -0.05) is 71.8 Å². The van der Waals surface area contributed by atoms with E-state index < -0.39 is 11.9 Å². The lowest BCUT2D eigenvalue weighted by Crippen LogP contribution is -2.25. The number of allylic oxidation sites excluding steroid dienone is 1. The Hall–Kier alpha value is -3.15. The molecule has 1 fully saturated rings. The summed E-state index contributed by atoms with van der Waals surface area (Å²) in [4.78, 5) is 29.0. The molecule has 1 heterocycles. The topological polar surface area (TPSA) is 79.3 Å². The molecule has 2 aromatic carbocycles. The lowest BCUT2D eigenvalue weighted by atomic mass is 9.85. The summed E-state index contributed by atoms with van der Waals surface area (Å²) in [7, 11) is 0. The fraction of sp³-hybridized carbons (Fsp3) is 0.300. The molecule has 5 nitrogen and oxygen atoms in total. The average Bonchev–Trinajstić information content (AvgIpc) is 2.89. The van der Waals surface area contributed by atoms with Crippen LogP contribution in [0.3, 0.4) is 0 Å². The van der Waals surface area contributed by atoms with Crippen LogP contribution in [-0.2, 0) is 11.2 Å². The summed E-state index contributed by atoms with van der Waals surface area (Å²) < 4.78 is 0. The number of carbonyl (C=O) groups excluding carboxylic acids is 1. The van der Waals surface area contributed by atoms with Crippen LogP contribution < -0.4 is 5.32 Å². The maximum atomic E-state index is 12.7. The minimum Gasteiger partial charge on any atom is -0.481 e. The van der Waals surface area contributed by atoms with Gasteiger partial charge in [0.25, 0.3) is 0 Å². The number of nitrogens with one attached hydrogen (secondary N) is 1. The van der Waals surface area contributed by atoms with Gasteiger partial charge in [0.05, 0.1) is 21.5 Å². The summed E-state index contributed by atoms with van der Waals surface area (Å²) in [6.45, 7) is 0. The molecule has 0 aliphatic heterocycles. The van der Waals surface area contributed by atoms with Gasteiger partial charge in [0.2, 0.25) is 0 Å². The van der Waals surface area contributed by atoms with Gasteiger partial charge in [-0.3, -0.25) is 9.59 Å². The smallest absolute Gasteiger partial charge is 0.307 e. The van der Waals surface area contributed by atoms with Gasteiger partial charge in [0.15, 0.2) is 5.78 Å². The molecule has 0 spiro atoms. The number of ketones is 1. The number of hydrogen-bond donors (Lipinski definition) is 2. The maximum Gasteiger partial charge on any atom is 0.307 e. The van der Waals surface area contributed by atoms with Crippen LogP contribution in [0.15, 0.2) is 72.9 Å². The van der Waals surface area contributed by atoms with Crippen molar-refractivity contribution in [2.24, 2.45) is 11.8 Å². The summed E-state index contributed by atoms with van der Waals surface area (Å²) in [6, 6.07) is 19.0. The number of carboxylic acids is 1. The Bertz CT molecular complexity index is 1220. The molecule has 3 aromatic rings. The van der Waals surface area contributed by atoms with Crippen LogP contribution in [-0.4, -0.2) is 27.9 Å². The van der Waals surface area contributed by atoms with Crippen molar-refractivity contribution < 1.29 is 14.7 Å². The Labute approximate surface area is 227 Å². The van der Waals surface area contributed by atoms with Gasteiger partial charge in [-0.25, -0.2) is 4.98 Å². The number of rotatable bonds is 10. The molecule has 0 amide bonds. The number of aromatic nitrogens is 1. The van der Waals surface area contributed by atoms with Crippen molar-refractivity contribution in [1.82, 2.24) is 4.98 Å². The molecule has 4 rings (SSSR count). The summed E-state index contributed by atoms with van der Waals surface area (Å²) in [6.07, 6.45) is 10.8. The van der Waals surface area contributed by atoms with E-state index in [1.807, 2.05) is 42.5 Å². The van der Waals surface area contributed by atoms with E-state index in [9.17, 15) is 14.7 Å². The van der Waals surface area contributed by atoms with E-state index in [1.165, 1.54) is 0 Å². The Morgan fingerprint density at radius 1 is 0.973 bits per heavy atom. The zero-order valence-electron chi connectivity index (χ0n) is 20.4. The van der Waals surface area contributed by atoms with Gasteiger partial charge in [-0.15, -0.1) is 0 Å². The van der Waals surface area contributed by atoms with Gasteiger partial charge in [-0.2, -0.15) is 0 Å². The van der Waals surface area contributed by atoms with Crippen molar-refractivity contribution in [3.05, 3.63) is 99.7 Å². The fourth-order valence-electron chi connectivity index (χ4n) is 4.75. The normalized spacial score (nSPS) is 18.4. The molecule has 37 heavy (non-hydrogen) atoms. The number of Topliss-reactive ketones (excluding diaryl/α,β-unsaturated/α-hetero) is 1. The van der Waals surface area contributed by atoms with E-state index in [4.69, 9.17) is 23.2 Å². The van der Waals surface area contributed by atoms with E-state index in [1.54, 1.807) is 24.4 Å². The molecular formula is C30H30Cl2N2O3. The third-order valence-electron chi connectivity index (χ3n) is 6.83. The van der Waals surface area contributed by atoms with Crippen molar-refractivity contribution in [2.45, 2.75) is 44.6 Å². The van der Waals surface area contributed by atoms with Crippen LogP contribution in [0.2, 0.25) is 10.0 Å². The number of benzene rings is 2. The SMILES string of the molecule is O=C(C[C@@H](Cc1ccc(/C=C/C2CCC(Nc3ccccn3)CC2)cc1)C(=O)O)c1c(Cl)cccc1Cl. The van der Waals surface area contributed by atoms with Gasteiger partial charge in [0.1, 0.15) is 5.82 Å². The molecule has 7 heteroatoms. The predicted molar refractivity (Wildman–Crippen MR) is 149 cm³/mol. The van der Waals surface area contributed by atoms with Crippen molar-refractivity contribution in [1.29, 1.82) is 0 Å². The molecule has 1 aliphatic rings. The first-order valence-corrected chi connectivity index (χ1v) is 13.3. The zero-order chi connectivity index (χ0) is 26.2. The highest BCUT2D eigenvalue weighted by Crippen LogP contribution is 2.29. The molecule has 1 aliphatic carbocycles. The van der Waals surface area contributed by atoms with Gasteiger partial charge >= 0.3 is 5.97 Å². The van der Waals surface area contributed by atoms with Crippen LogP contribution in [0.1, 0.15) is 53.6 Å².